The molecule has 0 aromatic heterocycles. The lowest BCUT2D eigenvalue weighted by molar-refractivity contribution is 0.222. The Hall–Kier alpha value is -2.42. The van der Waals surface area contributed by atoms with Crippen molar-refractivity contribution >= 4 is 0 Å². The van der Waals surface area contributed by atoms with Crippen LogP contribution in [0.4, 0.5) is 0 Å². The van der Waals surface area contributed by atoms with Gasteiger partial charge in [0.2, 0.25) is 0 Å². The molecule has 0 saturated carbocycles. The summed E-state index contributed by atoms with van der Waals surface area (Å²) in [6.07, 6.45) is 1.57. The van der Waals surface area contributed by atoms with Crippen LogP contribution in [-0.4, -0.2) is 6.61 Å². The van der Waals surface area contributed by atoms with E-state index in [-0.39, 0.29) is 0 Å². The summed E-state index contributed by atoms with van der Waals surface area (Å²) in [5.41, 5.74) is 0. The van der Waals surface area contributed by atoms with E-state index in [0.717, 1.165) is 11.5 Å². The van der Waals surface area contributed by atoms with Crippen LogP contribution < -0.4 is 14.2 Å². The van der Waals surface area contributed by atoms with Gasteiger partial charge in [0.25, 0.3) is 0 Å². The summed E-state index contributed by atoms with van der Waals surface area (Å²) >= 11 is 0. The van der Waals surface area contributed by atoms with Crippen LogP contribution in [0.5, 0.6) is 17.2 Å². The molecule has 90 valence electrons. The molecule has 1 heterocycles. The topological polar surface area (TPSA) is 27.7 Å². The minimum absolute atomic E-state index is 0.379. The Morgan fingerprint density at radius 1 is 0.889 bits per heavy atom. The van der Waals surface area contributed by atoms with Gasteiger partial charge in [0, 0.05) is 0 Å². The average molecular weight is 240 g/mol. The van der Waals surface area contributed by atoms with E-state index in [2.05, 4.69) is 0 Å². The fraction of sp³-hybridized carbons (Fsp3) is 0.0667. The molecule has 3 rings (SSSR count). The molecule has 0 amide bonds. The van der Waals surface area contributed by atoms with Gasteiger partial charge in [-0.25, -0.2) is 0 Å². The summed E-state index contributed by atoms with van der Waals surface area (Å²) in [4.78, 5) is 0. The molecule has 3 nitrogen and oxygen atoms in total. The van der Waals surface area contributed by atoms with Crippen LogP contribution in [0.15, 0.2) is 66.6 Å². The molecule has 1 aliphatic heterocycles. The monoisotopic (exact) mass is 240 g/mol. The van der Waals surface area contributed by atoms with E-state index in [0.29, 0.717) is 18.1 Å². The molecular formula is C15H12O3. The van der Waals surface area contributed by atoms with Gasteiger partial charge in [-0.05, 0) is 24.3 Å². The predicted octanol–water partition coefficient (Wildman–Crippen LogP) is 3.38. The number of ether oxygens (including phenoxy) is 3. The summed E-state index contributed by atoms with van der Waals surface area (Å²) in [6, 6.07) is 17.1. The van der Waals surface area contributed by atoms with Crippen molar-refractivity contribution in [3.63, 3.8) is 0 Å². The number of para-hydroxylation sites is 3. The highest BCUT2D eigenvalue weighted by Crippen LogP contribution is 2.31. The zero-order valence-corrected chi connectivity index (χ0v) is 9.71. The molecule has 0 aliphatic carbocycles. The Morgan fingerprint density at radius 2 is 1.61 bits per heavy atom. The van der Waals surface area contributed by atoms with Crippen LogP contribution >= 0.6 is 0 Å². The first kappa shape index (κ1) is 10.7. The molecule has 0 spiro atoms. The molecule has 0 fully saturated rings. The van der Waals surface area contributed by atoms with Gasteiger partial charge < -0.3 is 14.2 Å². The molecule has 2 aromatic rings. The Balaban J connectivity index is 1.72. The van der Waals surface area contributed by atoms with Gasteiger partial charge in [0.15, 0.2) is 17.3 Å². The van der Waals surface area contributed by atoms with Gasteiger partial charge in [-0.1, -0.05) is 30.3 Å². The second-order valence-electron chi connectivity index (χ2n) is 3.85. The molecule has 18 heavy (non-hydrogen) atoms. The first-order chi connectivity index (χ1) is 8.92. The lowest BCUT2D eigenvalue weighted by Gasteiger charge is -2.19. The van der Waals surface area contributed by atoms with E-state index in [4.69, 9.17) is 14.2 Å². The number of hydrogen-bond donors (Lipinski definition) is 0. The highest BCUT2D eigenvalue weighted by molar-refractivity contribution is 5.42. The van der Waals surface area contributed by atoms with Crippen LogP contribution in [0, 0.1) is 0 Å². The first-order valence-electron chi connectivity index (χ1n) is 5.72. The minimum Gasteiger partial charge on any atom is -0.482 e. The lowest BCUT2D eigenvalue weighted by atomic mass is 10.3. The fourth-order valence-corrected chi connectivity index (χ4v) is 1.66. The number of rotatable bonds is 2. The van der Waals surface area contributed by atoms with Crippen molar-refractivity contribution in [2.75, 3.05) is 6.61 Å². The van der Waals surface area contributed by atoms with Crippen molar-refractivity contribution in [1.29, 1.82) is 0 Å². The molecule has 0 saturated heterocycles. The number of benzene rings is 2. The Bertz CT molecular complexity index is 561. The average Bonchev–Trinajstić information content (AvgIpc) is 2.46. The zero-order valence-electron chi connectivity index (χ0n) is 9.71. The Kier molecular flexibility index (Phi) is 2.88. The summed E-state index contributed by atoms with van der Waals surface area (Å²) in [6.45, 7) is 0.379. The lowest BCUT2D eigenvalue weighted by Crippen LogP contribution is -2.14. The van der Waals surface area contributed by atoms with Gasteiger partial charge in [-0.2, -0.15) is 0 Å². The summed E-state index contributed by atoms with van der Waals surface area (Å²) in [5.74, 6) is 2.89. The molecule has 3 heteroatoms. The van der Waals surface area contributed by atoms with Crippen molar-refractivity contribution in [1.82, 2.24) is 0 Å². The standard InChI is InChI=1S/C15H12O3/c1-2-6-12(7-3-1)16-10-13-11-17-14-8-4-5-9-15(14)18-13/h1-10H,11H2/b13-10-. The number of hydrogen-bond acceptors (Lipinski definition) is 3. The molecule has 0 N–H and O–H groups in total. The maximum Gasteiger partial charge on any atom is 0.177 e. The SMILES string of the molecule is C(/Oc1ccccc1)=C1\COc2ccccc2O1. The van der Waals surface area contributed by atoms with Crippen molar-refractivity contribution in [3.8, 4) is 17.2 Å². The van der Waals surface area contributed by atoms with E-state index < -0.39 is 0 Å². The van der Waals surface area contributed by atoms with E-state index in [1.807, 2.05) is 54.6 Å². The van der Waals surface area contributed by atoms with Crippen molar-refractivity contribution in [2.24, 2.45) is 0 Å². The summed E-state index contributed by atoms with van der Waals surface area (Å²) in [5, 5.41) is 0. The molecule has 0 unspecified atom stereocenters. The Morgan fingerprint density at radius 3 is 2.44 bits per heavy atom. The maximum atomic E-state index is 5.66. The molecule has 0 atom stereocenters. The summed E-state index contributed by atoms with van der Waals surface area (Å²) < 4.78 is 16.7. The first-order valence-corrected chi connectivity index (χ1v) is 5.72. The second kappa shape index (κ2) is 4.84. The highest BCUT2D eigenvalue weighted by Gasteiger charge is 2.14. The van der Waals surface area contributed by atoms with Gasteiger partial charge in [-0.15, -0.1) is 0 Å². The van der Waals surface area contributed by atoms with E-state index in [9.17, 15) is 0 Å². The third-order valence-electron chi connectivity index (χ3n) is 2.53. The highest BCUT2D eigenvalue weighted by atomic mass is 16.6. The van der Waals surface area contributed by atoms with Gasteiger partial charge in [-0.3, -0.25) is 0 Å². The van der Waals surface area contributed by atoms with Crippen molar-refractivity contribution in [2.45, 2.75) is 0 Å². The fourth-order valence-electron chi connectivity index (χ4n) is 1.66. The molecule has 0 radical (unpaired) electrons. The van der Waals surface area contributed by atoms with Crippen molar-refractivity contribution < 1.29 is 14.2 Å². The van der Waals surface area contributed by atoms with Crippen LogP contribution in [0.25, 0.3) is 0 Å². The smallest absolute Gasteiger partial charge is 0.177 e. The normalized spacial score (nSPS) is 15.4. The molecule has 2 aromatic carbocycles. The molecule has 0 bridgehead atoms. The Labute approximate surface area is 105 Å². The van der Waals surface area contributed by atoms with Gasteiger partial charge >= 0.3 is 0 Å². The molecular weight excluding hydrogens is 228 g/mol. The quantitative estimate of drug-likeness (QED) is 0.753. The van der Waals surface area contributed by atoms with Gasteiger partial charge in [0.1, 0.15) is 18.6 Å². The summed E-state index contributed by atoms with van der Waals surface area (Å²) in [7, 11) is 0. The molecule has 1 aliphatic rings. The largest absolute Gasteiger partial charge is 0.482 e. The van der Waals surface area contributed by atoms with Crippen LogP contribution in [0.3, 0.4) is 0 Å². The van der Waals surface area contributed by atoms with Gasteiger partial charge in [0.05, 0.1) is 0 Å². The zero-order chi connectivity index (χ0) is 12.2. The maximum absolute atomic E-state index is 5.66. The van der Waals surface area contributed by atoms with Crippen LogP contribution in [0.1, 0.15) is 0 Å². The third-order valence-corrected chi connectivity index (χ3v) is 2.53. The van der Waals surface area contributed by atoms with E-state index in [1.54, 1.807) is 6.26 Å². The van der Waals surface area contributed by atoms with E-state index in [1.165, 1.54) is 0 Å². The van der Waals surface area contributed by atoms with Crippen LogP contribution in [-0.2, 0) is 0 Å². The van der Waals surface area contributed by atoms with Crippen molar-refractivity contribution in [3.05, 3.63) is 66.6 Å². The third kappa shape index (κ3) is 2.30. The number of fused-ring (bicyclic) bond motifs is 1. The second-order valence-corrected chi connectivity index (χ2v) is 3.85. The van der Waals surface area contributed by atoms with E-state index >= 15 is 0 Å². The van der Waals surface area contributed by atoms with Crippen LogP contribution in [0.2, 0.25) is 0 Å². The minimum atomic E-state index is 0.379. The predicted molar refractivity (Wildman–Crippen MR) is 67.7 cm³/mol.